The Hall–Kier alpha value is -1.28. The van der Waals surface area contributed by atoms with Gasteiger partial charge in [-0.1, -0.05) is 46.3 Å². The fourth-order valence-corrected chi connectivity index (χ4v) is 3.05. The third-order valence-electron chi connectivity index (χ3n) is 3.93. The first kappa shape index (κ1) is 12.7. The highest BCUT2D eigenvalue weighted by Gasteiger charge is 2.22. The molecule has 0 saturated heterocycles. The molecule has 0 N–H and O–H groups in total. The van der Waals surface area contributed by atoms with Crippen LogP contribution in [-0.2, 0) is 13.0 Å². The van der Waals surface area contributed by atoms with Crippen molar-refractivity contribution in [1.29, 1.82) is 0 Å². The van der Waals surface area contributed by atoms with Crippen molar-refractivity contribution in [3.63, 3.8) is 0 Å². The Morgan fingerprint density at radius 2 is 1.84 bits per heavy atom. The molecule has 0 radical (unpaired) electrons. The summed E-state index contributed by atoms with van der Waals surface area (Å²) in [4.78, 5) is 2.53. The minimum Gasteiger partial charge on any atom is -0.364 e. The molecule has 1 atom stereocenters. The molecule has 2 aromatic rings. The van der Waals surface area contributed by atoms with Crippen molar-refractivity contribution in [1.82, 2.24) is 0 Å². The van der Waals surface area contributed by atoms with Crippen LogP contribution in [0.15, 0.2) is 53.0 Å². The Kier molecular flexibility index (Phi) is 3.61. The van der Waals surface area contributed by atoms with Crippen LogP contribution in [0.3, 0.4) is 0 Å². The lowest BCUT2D eigenvalue weighted by atomic mass is 9.96. The smallest absolute Gasteiger partial charge is 0.0432 e. The number of anilines is 1. The molecule has 0 spiro atoms. The van der Waals surface area contributed by atoms with E-state index in [0.29, 0.717) is 6.04 Å². The molecule has 1 nitrogen and oxygen atoms in total. The zero-order valence-corrected chi connectivity index (χ0v) is 12.7. The average Bonchev–Trinajstić information content (AvgIpc) is 2.44. The molecular weight excluding hydrogens is 298 g/mol. The van der Waals surface area contributed by atoms with E-state index in [1.165, 1.54) is 29.7 Å². The summed E-state index contributed by atoms with van der Waals surface area (Å²) >= 11 is 3.49. The number of benzene rings is 2. The molecule has 3 rings (SSSR count). The van der Waals surface area contributed by atoms with Crippen LogP contribution in [0.5, 0.6) is 0 Å². The van der Waals surface area contributed by atoms with Gasteiger partial charge in [0.15, 0.2) is 0 Å². The van der Waals surface area contributed by atoms with E-state index >= 15 is 0 Å². The molecule has 0 saturated carbocycles. The molecule has 1 aliphatic rings. The summed E-state index contributed by atoms with van der Waals surface area (Å²) in [5.41, 5.74) is 4.26. The lowest BCUT2D eigenvalue weighted by Crippen LogP contribution is -2.36. The van der Waals surface area contributed by atoms with E-state index in [9.17, 15) is 0 Å². The maximum absolute atomic E-state index is 3.49. The van der Waals surface area contributed by atoms with Crippen LogP contribution >= 0.6 is 15.9 Å². The van der Waals surface area contributed by atoms with Gasteiger partial charge in [0.1, 0.15) is 0 Å². The predicted molar refractivity (Wildman–Crippen MR) is 84.6 cm³/mol. The van der Waals surface area contributed by atoms with Gasteiger partial charge in [-0.3, -0.25) is 0 Å². The van der Waals surface area contributed by atoms with Gasteiger partial charge in [0.2, 0.25) is 0 Å². The summed E-state index contributed by atoms with van der Waals surface area (Å²) < 4.78 is 1.14. The normalized spacial score (nSPS) is 18.2. The van der Waals surface area contributed by atoms with Gasteiger partial charge < -0.3 is 4.90 Å². The van der Waals surface area contributed by atoms with E-state index in [1.54, 1.807) is 0 Å². The highest BCUT2D eigenvalue weighted by atomic mass is 79.9. The zero-order valence-electron chi connectivity index (χ0n) is 11.1. The predicted octanol–water partition coefficient (Wildman–Crippen LogP) is 4.79. The second kappa shape index (κ2) is 5.38. The van der Waals surface area contributed by atoms with Crippen LogP contribution in [0.25, 0.3) is 0 Å². The van der Waals surface area contributed by atoms with E-state index < -0.39 is 0 Å². The van der Waals surface area contributed by atoms with Crippen molar-refractivity contribution >= 4 is 21.6 Å². The Morgan fingerprint density at radius 3 is 2.63 bits per heavy atom. The minimum atomic E-state index is 0.610. The number of aryl methyl sites for hydroxylation is 1. The largest absolute Gasteiger partial charge is 0.364 e. The van der Waals surface area contributed by atoms with Crippen molar-refractivity contribution in [2.45, 2.75) is 32.4 Å². The maximum atomic E-state index is 3.49. The fraction of sp³-hybridized carbons (Fsp3) is 0.294. The topological polar surface area (TPSA) is 3.24 Å². The molecule has 0 aliphatic carbocycles. The van der Waals surface area contributed by atoms with Gasteiger partial charge in [-0.15, -0.1) is 0 Å². The van der Waals surface area contributed by atoms with Crippen LogP contribution in [0.2, 0.25) is 0 Å². The van der Waals surface area contributed by atoms with E-state index in [0.717, 1.165) is 11.0 Å². The van der Waals surface area contributed by atoms with Gasteiger partial charge in [0.25, 0.3) is 0 Å². The Labute approximate surface area is 123 Å². The highest BCUT2D eigenvalue weighted by Crippen LogP contribution is 2.31. The van der Waals surface area contributed by atoms with Crippen molar-refractivity contribution in [3.05, 3.63) is 64.1 Å². The Morgan fingerprint density at radius 1 is 1.11 bits per heavy atom. The summed E-state index contributed by atoms with van der Waals surface area (Å²) in [7, 11) is 0. The Balaban J connectivity index is 1.89. The molecular formula is C17H18BrN. The van der Waals surface area contributed by atoms with Crippen molar-refractivity contribution in [3.8, 4) is 0 Å². The first-order valence-electron chi connectivity index (χ1n) is 6.83. The molecule has 2 heteroatoms. The maximum Gasteiger partial charge on any atom is 0.0432 e. The number of hydrogen-bond acceptors (Lipinski definition) is 1. The molecule has 0 aromatic heterocycles. The van der Waals surface area contributed by atoms with Crippen LogP contribution in [0.1, 0.15) is 24.5 Å². The van der Waals surface area contributed by atoms with Gasteiger partial charge in [-0.2, -0.15) is 0 Å². The van der Waals surface area contributed by atoms with E-state index in [2.05, 4.69) is 76.3 Å². The summed E-state index contributed by atoms with van der Waals surface area (Å²) in [5, 5.41) is 0. The van der Waals surface area contributed by atoms with E-state index in [4.69, 9.17) is 0 Å². The number of para-hydroxylation sites is 1. The molecule has 0 fully saturated rings. The summed E-state index contributed by atoms with van der Waals surface area (Å²) in [6.07, 6.45) is 2.45. The molecule has 2 aromatic carbocycles. The number of fused-ring (bicyclic) bond motifs is 1. The molecule has 98 valence electrons. The number of rotatable bonds is 2. The number of nitrogens with zero attached hydrogens (tertiary/aromatic N) is 1. The van der Waals surface area contributed by atoms with Crippen LogP contribution in [-0.4, -0.2) is 6.04 Å². The second-order valence-electron chi connectivity index (χ2n) is 5.27. The summed E-state index contributed by atoms with van der Waals surface area (Å²) in [6, 6.07) is 18.1. The summed E-state index contributed by atoms with van der Waals surface area (Å²) in [5.74, 6) is 0. The average molecular weight is 316 g/mol. The first-order chi connectivity index (χ1) is 9.24. The SMILES string of the molecule is CC1CCc2ccccc2N1Cc1ccc(Br)cc1. The number of halogens is 1. The van der Waals surface area contributed by atoms with Gasteiger partial charge in [-0.05, 0) is 49.1 Å². The summed E-state index contributed by atoms with van der Waals surface area (Å²) in [6.45, 7) is 3.32. The second-order valence-corrected chi connectivity index (χ2v) is 6.19. The molecule has 19 heavy (non-hydrogen) atoms. The monoisotopic (exact) mass is 315 g/mol. The first-order valence-corrected chi connectivity index (χ1v) is 7.62. The van der Waals surface area contributed by atoms with E-state index in [1.807, 2.05) is 0 Å². The van der Waals surface area contributed by atoms with Gasteiger partial charge in [0.05, 0.1) is 0 Å². The van der Waals surface area contributed by atoms with E-state index in [-0.39, 0.29) is 0 Å². The molecule has 0 amide bonds. The van der Waals surface area contributed by atoms with Crippen LogP contribution in [0.4, 0.5) is 5.69 Å². The molecule has 1 heterocycles. The van der Waals surface area contributed by atoms with Crippen molar-refractivity contribution in [2.24, 2.45) is 0 Å². The van der Waals surface area contributed by atoms with Crippen LogP contribution in [0, 0.1) is 0 Å². The third kappa shape index (κ3) is 2.69. The molecule has 1 unspecified atom stereocenters. The fourth-order valence-electron chi connectivity index (χ4n) is 2.79. The minimum absolute atomic E-state index is 0.610. The molecule has 0 bridgehead atoms. The van der Waals surface area contributed by atoms with Gasteiger partial charge >= 0.3 is 0 Å². The third-order valence-corrected chi connectivity index (χ3v) is 4.46. The van der Waals surface area contributed by atoms with Crippen molar-refractivity contribution < 1.29 is 0 Å². The lowest BCUT2D eigenvalue weighted by Gasteiger charge is -2.37. The molecule has 1 aliphatic heterocycles. The Bertz CT molecular complexity index is 562. The standard InChI is InChI=1S/C17H18BrN/c1-13-6-9-15-4-2-3-5-17(15)19(13)12-14-7-10-16(18)11-8-14/h2-5,7-8,10-11,13H,6,9,12H2,1H3. The number of hydrogen-bond donors (Lipinski definition) is 0. The quantitative estimate of drug-likeness (QED) is 0.770. The van der Waals surface area contributed by atoms with Crippen LogP contribution < -0.4 is 4.90 Å². The van der Waals surface area contributed by atoms with Crippen molar-refractivity contribution in [2.75, 3.05) is 4.90 Å². The lowest BCUT2D eigenvalue weighted by molar-refractivity contribution is 0.560. The zero-order chi connectivity index (χ0) is 13.2. The highest BCUT2D eigenvalue weighted by molar-refractivity contribution is 9.10. The van der Waals surface area contributed by atoms with Gasteiger partial charge in [0, 0.05) is 22.7 Å². The van der Waals surface area contributed by atoms with Gasteiger partial charge in [-0.25, -0.2) is 0 Å².